The van der Waals surface area contributed by atoms with Crippen LogP contribution in [0.1, 0.15) is 36.2 Å². The topological polar surface area (TPSA) is 102 Å². The van der Waals surface area contributed by atoms with Gasteiger partial charge in [-0.15, -0.1) is 0 Å². The van der Waals surface area contributed by atoms with Crippen molar-refractivity contribution < 1.29 is 22.7 Å². The summed E-state index contributed by atoms with van der Waals surface area (Å²) in [4.78, 5) is 27.8. The molecule has 1 aromatic carbocycles. The Labute approximate surface area is 165 Å². The van der Waals surface area contributed by atoms with E-state index in [9.17, 15) is 18.0 Å². The van der Waals surface area contributed by atoms with Crippen molar-refractivity contribution in [3.8, 4) is 0 Å². The fourth-order valence-electron chi connectivity index (χ4n) is 2.60. The lowest BCUT2D eigenvalue weighted by Crippen LogP contribution is -2.26. The fourth-order valence-corrected chi connectivity index (χ4v) is 3.60. The molecule has 0 fully saturated rings. The van der Waals surface area contributed by atoms with Crippen molar-refractivity contribution in [2.45, 2.75) is 31.6 Å². The predicted octanol–water partition coefficient (Wildman–Crippen LogP) is 2.37. The minimum Gasteiger partial charge on any atom is -0.466 e. The summed E-state index contributed by atoms with van der Waals surface area (Å²) < 4.78 is 31.7. The average molecular weight is 404 g/mol. The van der Waals surface area contributed by atoms with E-state index in [1.807, 2.05) is 0 Å². The van der Waals surface area contributed by atoms with Gasteiger partial charge in [0.1, 0.15) is 4.90 Å². The molecule has 0 aliphatic carbocycles. The number of carbonyl (C=O) groups excluding carboxylic acids is 2. The number of ether oxygens (including phenoxy) is 1. The Morgan fingerprint density at radius 3 is 2.50 bits per heavy atom. The predicted molar refractivity (Wildman–Crippen MR) is 104 cm³/mol. The molecule has 28 heavy (non-hydrogen) atoms. The standard InChI is InChI=1S/C20H24N2O5S/c1-3-27-19(23)13-15(2)20(24)17-8-6-16(7-9-17)10-12-22-28(25,26)18-5-4-11-21-14-18/h4-9,11,14-15,22H,3,10,12-13H2,1-2H3. The van der Waals surface area contributed by atoms with Crippen molar-refractivity contribution in [3.63, 3.8) is 0 Å². The molecule has 0 saturated carbocycles. The normalized spacial score (nSPS) is 12.4. The number of nitrogens with zero attached hydrogens (tertiary/aromatic N) is 1. The van der Waals surface area contributed by atoms with E-state index >= 15 is 0 Å². The Morgan fingerprint density at radius 2 is 1.89 bits per heavy atom. The van der Waals surface area contributed by atoms with E-state index in [1.54, 1.807) is 44.2 Å². The maximum absolute atomic E-state index is 12.4. The van der Waals surface area contributed by atoms with E-state index in [4.69, 9.17) is 4.74 Å². The lowest BCUT2D eigenvalue weighted by atomic mass is 9.95. The monoisotopic (exact) mass is 404 g/mol. The zero-order chi connectivity index (χ0) is 20.6. The number of ketones is 1. The Kier molecular flexibility index (Phi) is 7.83. The highest BCUT2D eigenvalue weighted by Gasteiger charge is 2.19. The molecule has 0 bridgehead atoms. The second-order valence-corrected chi connectivity index (χ2v) is 8.07. The summed E-state index contributed by atoms with van der Waals surface area (Å²) in [6.45, 7) is 3.93. The third kappa shape index (κ3) is 6.24. The van der Waals surface area contributed by atoms with Gasteiger partial charge in [-0.3, -0.25) is 14.6 Å². The molecule has 2 rings (SSSR count). The van der Waals surface area contributed by atoms with Crippen LogP contribution in [0.3, 0.4) is 0 Å². The molecular weight excluding hydrogens is 380 g/mol. The minimum atomic E-state index is -3.59. The van der Waals surface area contributed by atoms with Gasteiger partial charge in [-0.2, -0.15) is 0 Å². The summed E-state index contributed by atoms with van der Waals surface area (Å²) in [5.74, 6) is -0.978. The van der Waals surface area contributed by atoms with Crippen LogP contribution in [0.5, 0.6) is 0 Å². The van der Waals surface area contributed by atoms with Gasteiger partial charge < -0.3 is 4.74 Å². The molecule has 0 spiro atoms. The molecule has 1 unspecified atom stereocenters. The van der Waals surface area contributed by atoms with Crippen LogP contribution in [0, 0.1) is 5.92 Å². The van der Waals surface area contributed by atoms with Crippen LogP contribution in [0.15, 0.2) is 53.7 Å². The van der Waals surface area contributed by atoms with Gasteiger partial charge in [-0.25, -0.2) is 13.1 Å². The zero-order valence-electron chi connectivity index (χ0n) is 15.9. The van der Waals surface area contributed by atoms with Crippen molar-refractivity contribution >= 4 is 21.8 Å². The first-order valence-corrected chi connectivity index (χ1v) is 10.5. The van der Waals surface area contributed by atoms with Crippen molar-refractivity contribution in [2.75, 3.05) is 13.2 Å². The smallest absolute Gasteiger partial charge is 0.306 e. The number of pyridine rings is 1. The molecule has 0 aliphatic rings. The number of nitrogens with one attached hydrogen (secondary N) is 1. The van der Waals surface area contributed by atoms with Crippen LogP contribution in [0.4, 0.5) is 0 Å². The molecule has 1 heterocycles. The number of hydrogen-bond donors (Lipinski definition) is 1. The summed E-state index contributed by atoms with van der Waals surface area (Å²) >= 11 is 0. The van der Waals surface area contributed by atoms with Gasteiger partial charge in [0.05, 0.1) is 13.0 Å². The van der Waals surface area contributed by atoms with Gasteiger partial charge in [-0.1, -0.05) is 31.2 Å². The fraction of sp³-hybridized carbons (Fsp3) is 0.350. The zero-order valence-corrected chi connectivity index (χ0v) is 16.7. The number of esters is 1. The van der Waals surface area contributed by atoms with Crippen LogP contribution in [0.2, 0.25) is 0 Å². The van der Waals surface area contributed by atoms with Crippen molar-refractivity contribution in [1.82, 2.24) is 9.71 Å². The van der Waals surface area contributed by atoms with Gasteiger partial charge in [0.25, 0.3) is 0 Å². The number of Topliss-reactive ketones (excluding diaryl/α,β-unsaturated/α-hetero) is 1. The van der Waals surface area contributed by atoms with E-state index in [1.165, 1.54) is 18.5 Å². The van der Waals surface area contributed by atoms with Crippen LogP contribution >= 0.6 is 0 Å². The molecule has 0 aliphatic heterocycles. The van der Waals surface area contributed by atoms with Crippen LogP contribution in [-0.4, -0.2) is 38.3 Å². The molecule has 7 nitrogen and oxygen atoms in total. The summed E-state index contributed by atoms with van der Waals surface area (Å²) in [6, 6.07) is 9.98. The molecule has 0 saturated heterocycles. The molecule has 150 valence electrons. The molecule has 1 aromatic heterocycles. The van der Waals surface area contributed by atoms with Crippen molar-refractivity contribution in [3.05, 3.63) is 59.9 Å². The van der Waals surface area contributed by atoms with Gasteiger partial charge in [-0.05, 0) is 31.0 Å². The summed E-state index contributed by atoms with van der Waals surface area (Å²) in [5, 5.41) is 0. The Balaban J connectivity index is 1.89. The second kappa shape index (κ2) is 10.1. The quantitative estimate of drug-likeness (QED) is 0.482. The largest absolute Gasteiger partial charge is 0.466 e. The number of hydrogen-bond acceptors (Lipinski definition) is 6. The first-order valence-electron chi connectivity index (χ1n) is 9.02. The Hall–Kier alpha value is -2.58. The van der Waals surface area contributed by atoms with E-state index in [0.717, 1.165) is 5.56 Å². The highest BCUT2D eigenvalue weighted by atomic mass is 32.2. The number of carbonyl (C=O) groups is 2. The summed E-state index contributed by atoms with van der Waals surface area (Å²) in [7, 11) is -3.59. The maximum Gasteiger partial charge on any atom is 0.306 e. The number of sulfonamides is 1. The SMILES string of the molecule is CCOC(=O)CC(C)C(=O)c1ccc(CCNS(=O)(=O)c2cccnc2)cc1. The average Bonchev–Trinajstić information content (AvgIpc) is 2.68. The van der Waals surface area contributed by atoms with Crippen LogP contribution in [0.25, 0.3) is 0 Å². The van der Waals surface area contributed by atoms with E-state index in [2.05, 4.69) is 9.71 Å². The van der Waals surface area contributed by atoms with Gasteiger partial charge in [0.15, 0.2) is 5.78 Å². The minimum absolute atomic E-state index is 0.0462. The molecular formula is C20H24N2O5S. The molecule has 2 aromatic rings. The maximum atomic E-state index is 12.4. The number of rotatable bonds is 10. The first-order chi connectivity index (χ1) is 13.3. The summed E-state index contributed by atoms with van der Waals surface area (Å²) in [6.07, 6.45) is 3.33. The number of aromatic nitrogens is 1. The van der Waals surface area contributed by atoms with E-state index < -0.39 is 15.9 Å². The van der Waals surface area contributed by atoms with Gasteiger partial charge in [0.2, 0.25) is 10.0 Å². The highest BCUT2D eigenvalue weighted by molar-refractivity contribution is 7.89. The van der Waals surface area contributed by atoms with Gasteiger partial charge in [0, 0.05) is 30.4 Å². The van der Waals surface area contributed by atoms with Crippen LogP contribution < -0.4 is 4.72 Å². The molecule has 0 radical (unpaired) electrons. The van der Waals surface area contributed by atoms with Gasteiger partial charge >= 0.3 is 5.97 Å². The number of benzene rings is 1. The lowest BCUT2D eigenvalue weighted by Gasteiger charge is -2.10. The van der Waals surface area contributed by atoms with Crippen LogP contribution in [-0.2, 0) is 26.0 Å². The molecule has 0 amide bonds. The van der Waals surface area contributed by atoms with Crippen molar-refractivity contribution in [2.24, 2.45) is 5.92 Å². The third-order valence-electron chi connectivity index (χ3n) is 4.11. The Bertz CT molecular complexity index is 896. The molecule has 1 atom stereocenters. The van der Waals surface area contributed by atoms with E-state index in [-0.39, 0.29) is 29.6 Å². The first kappa shape index (κ1) is 21.7. The summed E-state index contributed by atoms with van der Waals surface area (Å²) in [5.41, 5.74) is 1.40. The van der Waals surface area contributed by atoms with E-state index in [0.29, 0.717) is 18.6 Å². The molecule has 8 heteroatoms. The molecule has 1 N–H and O–H groups in total. The Morgan fingerprint density at radius 1 is 1.18 bits per heavy atom. The highest BCUT2D eigenvalue weighted by Crippen LogP contribution is 2.14. The lowest BCUT2D eigenvalue weighted by molar-refractivity contribution is -0.143. The second-order valence-electron chi connectivity index (χ2n) is 6.31. The third-order valence-corrected chi connectivity index (χ3v) is 5.56. The van der Waals surface area contributed by atoms with Crippen molar-refractivity contribution in [1.29, 1.82) is 0 Å².